The number of benzene rings is 3. The first-order valence-corrected chi connectivity index (χ1v) is 14.3. The predicted octanol–water partition coefficient (Wildman–Crippen LogP) is 4.33. The van der Waals surface area contributed by atoms with Crippen molar-refractivity contribution >= 4 is 44.8 Å². The van der Waals surface area contributed by atoms with Gasteiger partial charge in [0.1, 0.15) is 11.5 Å². The summed E-state index contributed by atoms with van der Waals surface area (Å²) in [4.78, 5) is 27.6. The highest BCUT2D eigenvalue weighted by atomic mass is 32.2. The third-order valence-electron chi connectivity index (χ3n) is 5.25. The lowest BCUT2D eigenvalue weighted by atomic mass is 10.3. The summed E-state index contributed by atoms with van der Waals surface area (Å²) in [7, 11) is -3.36. The summed E-state index contributed by atoms with van der Waals surface area (Å²) >= 11 is 0. The normalized spacial score (nSPS) is 10.5. The highest BCUT2D eigenvalue weighted by Gasteiger charge is 2.09. The molecule has 0 aliphatic carbocycles. The number of nitrogens with zero attached hydrogens (tertiary/aromatic N) is 4. The van der Waals surface area contributed by atoms with Crippen molar-refractivity contribution in [2.24, 2.45) is 0 Å². The number of carbonyl (C=O) groups excluding carboxylic acids is 1. The van der Waals surface area contributed by atoms with Crippen molar-refractivity contribution < 1.29 is 22.7 Å². The lowest BCUT2D eigenvalue weighted by Crippen LogP contribution is -2.19. The van der Waals surface area contributed by atoms with Crippen molar-refractivity contribution in [1.82, 2.24) is 19.9 Å². The average molecular weight is 602 g/mol. The van der Waals surface area contributed by atoms with Gasteiger partial charge in [0.25, 0.3) is 0 Å². The Morgan fingerprint density at radius 1 is 0.698 bits per heavy atom. The van der Waals surface area contributed by atoms with Crippen LogP contribution in [-0.4, -0.2) is 40.6 Å². The van der Waals surface area contributed by atoms with Crippen LogP contribution < -0.4 is 37.3 Å². The van der Waals surface area contributed by atoms with Crippen molar-refractivity contribution in [2.45, 2.75) is 4.90 Å². The molecule has 0 fully saturated rings. The van der Waals surface area contributed by atoms with E-state index in [1.807, 2.05) is 0 Å². The van der Waals surface area contributed by atoms with E-state index < -0.39 is 15.9 Å². The van der Waals surface area contributed by atoms with E-state index in [0.29, 0.717) is 40.3 Å². The first-order valence-electron chi connectivity index (χ1n) is 12.4. The van der Waals surface area contributed by atoms with Gasteiger partial charge in [-0.25, -0.2) is 23.2 Å². The van der Waals surface area contributed by atoms with Crippen LogP contribution >= 0.6 is 0 Å². The number of anilines is 5. The molecule has 0 saturated carbocycles. The maximum Gasteiger partial charge on any atom is 0.323 e. The minimum absolute atomic E-state index is 0.104. The van der Waals surface area contributed by atoms with Crippen LogP contribution in [-0.2, 0) is 9.84 Å². The zero-order valence-electron chi connectivity index (χ0n) is 22.7. The van der Waals surface area contributed by atoms with E-state index in [1.165, 1.54) is 24.5 Å². The summed E-state index contributed by atoms with van der Waals surface area (Å²) in [6, 6.07) is 22.3. The number of sulfone groups is 1. The number of hydrogen-bond acceptors (Lipinski definition) is 12. The molecule has 0 saturated heterocycles. The lowest BCUT2D eigenvalue weighted by molar-refractivity contribution is 0.262. The van der Waals surface area contributed by atoms with E-state index in [2.05, 4.69) is 30.6 Å². The molecular formula is C28H27N9O5S. The Kier molecular flexibility index (Phi) is 9.49. The maximum absolute atomic E-state index is 12.1. The van der Waals surface area contributed by atoms with Gasteiger partial charge in [-0.2, -0.15) is 9.97 Å². The molecule has 0 unspecified atom stereocenters. The molecule has 5 aromatic rings. The van der Waals surface area contributed by atoms with Crippen LogP contribution in [0.4, 0.5) is 33.8 Å². The van der Waals surface area contributed by atoms with Crippen molar-refractivity contribution in [1.29, 1.82) is 0 Å². The quantitative estimate of drug-likeness (QED) is 0.164. The Balaban J connectivity index is 0.000000237. The van der Waals surface area contributed by atoms with Gasteiger partial charge in [0.05, 0.1) is 4.90 Å². The summed E-state index contributed by atoms with van der Waals surface area (Å²) in [5.41, 5.74) is 18.0. The van der Waals surface area contributed by atoms with Gasteiger partial charge in [-0.05, 0) is 66.7 Å². The lowest BCUT2D eigenvalue weighted by Gasteiger charge is -2.10. The number of carbonyl (C=O) groups is 1. The number of ether oxygens (including phenoxy) is 2. The summed E-state index contributed by atoms with van der Waals surface area (Å²) in [6.07, 6.45) is 4.12. The molecule has 0 aliphatic heterocycles. The molecule has 0 spiro atoms. The number of rotatable bonds is 7. The summed E-state index contributed by atoms with van der Waals surface area (Å²) in [5, 5.41) is 5.24. The van der Waals surface area contributed by atoms with E-state index in [4.69, 9.17) is 26.7 Å². The monoisotopic (exact) mass is 601 g/mol. The smallest absolute Gasteiger partial charge is 0.323 e. The fourth-order valence-corrected chi connectivity index (χ4v) is 3.97. The molecule has 8 N–H and O–H groups in total. The molecule has 3 aromatic carbocycles. The van der Waals surface area contributed by atoms with Crippen LogP contribution in [0.1, 0.15) is 0 Å². The first-order chi connectivity index (χ1) is 20.5. The second-order valence-corrected chi connectivity index (χ2v) is 10.7. The second-order valence-electron chi connectivity index (χ2n) is 8.68. The van der Waals surface area contributed by atoms with E-state index in [-0.39, 0.29) is 16.8 Å². The molecule has 2 aromatic heterocycles. The third-order valence-corrected chi connectivity index (χ3v) is 6.36. The zero-order chi connectivity index (χ0) is 30.8. The minimum atomic E-state index is -3.36. The second kappa shape index (κ2) is 13.6. The highest BCUT2D eigenvalue weighted by molar-refractivity contribution is 7.90. The van der Waals surface area contributed by atoms with Gasteiger partial charge < -0.3 is 37.3 Å². The molecule has 5 rings (SSSR count). The van der Waals surface area contributed by atoms with Crippen LogP contribution in [0.15, 0.2) is 102 Å². The van der Waals surface area contributed by atoms with Gasteiger partial charge in [-0.3, -0.25) is 0 Å². The van der Waals surface area contributed by atoms with Crippen LogP contribution in [0, 0.1) is 0 Å². The molecule has 0 atom stereocenters. The summed E-state index contributed by atoms with van der Waals surface area (Å²) in [6.45, 7) is 0. The Hall–Kier alpha value is -5.96. The number of hydrogen-bond donors (Lipinski definition) is 5. The van der Waals surface area contributed by atoms with Crippen molar-refractivity contribution in [2.75, 3.05) is 34.1 Å². The fraction of sp³-hybridized carbons (Fsp3) is 0.0357. The SMILES string of the molecule is CS(=O)(=O)c1cccc(NC(=O)Nc2ccc(Oc3ccnc(N)n3)cc2)c1.Nc1ccc(Oc2ccnc(N)n2)cc1. The van der Waals surface area contributed by atoms with Crippen LogP contribution in [0.25, 0.3) is 0 Å². The Labute approximate surface area is 246 Å². The highest BCUT2D eigenvalue weighted by Crippen LogP contribution is 2.23. The number of amides is 2. The van der Waals surface area contributed by atoms with Crippen LogP contribution in [0.3, 0.4) is 0 Å². The molecule has 0 aliphatic rings. The molecule has 14 nitrogen and oxygen atoms in total. The Bertz CT molecular complexity index is 1800. The van der Waals surface area contributed by atoms with Crippen molar-refractivity contribution in [3.8, 4) is 23.3 Å². The fourth-order valence-electron chi connectivity index (χ4n) is 3.31. The van der Waals surface area contributed by atoms with Crippen LogP contribution in [0.2, 0.25) is 0 Å². The molecule has 0 radical (unpaired) electrons. The van der Waals surface area contributed by atoms with Gasteiger partial charge in [-0.1, -0.05) is 6.07 Å². The van der Waals surface area contributed by atoms with Gasteiger partial charge >= 0.3 is 6.03 Å². The average Bonchev–Trinajstić information content (AvgIpc) is 2.95. The molecular weight excluding hydrogens is 574 g/mol. The minimum Gasteiger partial charge on any atom is -0.439 e. The number of urea groups is 1. The summed E-state index contributed by atoms with van der Waals surface area (Å²) in [5.74, 6) is 2.16. The Morgan fingerprint density at radius 2 is 1.21 bits per heavy atom. The first kappa shape index (κ1) is 30.0. The van der Waals surface area contributed by atoms with Crippen molar-refractivity contribution in [3.05, 3.63) is 97.3 Å². The number of nitrogens with two attached hydrogens (primary N) is 3. The molecule has 220 valence electrons. The van der Waals surface area contributed by atoms with E-state index in [1.54, 1.807) is 72.8 Å². The Morgan fingerprint density at radius 3 is 1.72 bits per heavy atom. The number of nitrogen functional groups attached to an aromatic ring is 3. The number of nitrogens with one attached hydrogen (secondary N) is 2. The maximum atomic E-state index is 12.1. The van der Waals surface area contributed by atoms with Crippen LogP contribution in [0.5, 0.6) is 23.3 Å². The predicted molar refractivity (Wildman–Crippen MR) is 163 cm³/mol. The third kappa shape index (κ3) is 9.58. The van der Waals surface area contributed by atoms with Gasteiger partial charge in [-0.15, -0.1) is 0 Å². The van der Waals surface area contributed by atoms with E-state index in [9.17, 15) is 13.2 Å². The molecule has 2 amide bonds. The topological polar surface area (TPSA) is 223 Å². The van der Waals surface area contributed by atoms with E-state index in [0.717, 1.165) is 6.26 Å². The van der Waals surface area contributed by atoms with Gasteiger partial charge in [0.15, 0.2) is 9.84 Å². The number of aromatic nitrogens is 4. The molecule has 15 heteroatoms. The molecule has 0 bridgehead atoms. The van der Waals surface area contributed by atoms with Gasteiger partial charge in [0, 0.05) is 47.8 Å². The van der Waals surface area contributed by atoms with Gasteiger partial charge in [0.2, 0.25) is 23.7 Å². The molecule has 43 heavy (non-hydrogen) atoms. The zero-order valence-corrected chi connectivity index (χ0v) is 23.5. The van der Waals surface area contributed by atoms with E-state index >= 15 is 0 Å². The standard InChI is InChI=1S/C18H17N5O4S.C10H10N4O/c1-28(25,26)15-4-2-3-13(11-15)22-18(24)21-12-5-7-14(8-6-12)27-16-9-10-20-17(19)23-16;11-7-1-3-8(4-2-7)15-9-5-6-13-10(12)14-9/h2-11H,1H3,(H2,19,20,23)(H2,21,22,24);1-6H,11H2,(H2,12,13,14). The molecule has 2 heterocycles. The summed E-state index contributed by atoms with van der Waals surface area (Å²) < 4.78 is 34.1. The largest absolute Gasteiger partial charge is 0.439 e. The van der Waals surface area contributed by atoms with Crippen molar-refractivity contribution in [3.63, 3.8) is 0 Å².